The molecule has 192 valence electrons. The molecule has 0 bridgehead atoms. The fraction of sp³-hybridized carbons (Fsp3) is 0.0345. The number of ketones is 2. The molecule has 5 rings (SSSR count). The van der Waals surface area contributed by atoms with Crippen LogP contribution in [0.3, 0.4) is 0 Å². The number of benzene rings is 4. The standard InChI is InChI=1S/C29H19N3O6S/c33-25(31-24-7-3-6-23-26(24)28(35)22-5-2-1-4-21(22)27(23)34)16-39-20-14-10-18(11-15-20)30-29(36)17-8-12-19(13-9-17)32(37)38/h1-15H,16H2,(H,30,36)(H,31,33). The van der Waals surface area contributed by atoms with E-state index in [9.17, 15) is 29.3 Å². The molecule has 0 aromatic heterocycles. The van der Waals surface area contributed by atoms with Gasteiger partial charge in [0.25, 0.3) is 11.6 Å². The number of nitro benzene ring substituents is 1. The molecule has 0 saturated carbocycles. The van der Waals surface area contributed by atoms with E-state index in [-0.39, 0.29) is 51.3 Å². The van der Waals surface area contributed by atoms with E-state index in [4.69, 9.17) is 0 Å². The van der Waals surface area contributed by atoms with Crippen molar-refractivity contribution < 1.29 is 24.1 Å². The van der Waals surface area contributed by atoms with Gasteiger partial charge in [0.1, 0.15) is 0 Å². The highest BCUT2D eigenvalue weighted by atomic mass is 32.2. The lowest BCUT2D eigenvalue weighted by Crippen LogP contribution is -2.24. The van der Waals surface area contributed by atoms with Gasteiger partial charge < -0.3 is 10.6 Å². The van der Waals surface area contributed by atoms with Gasteiger partial charge in [-0.05, 0) is 42.5 Å². The van der Waals surface area contributed by atoms with Crippen molar-refractivity contribution in [2.24, 2.45) is 0 Å². The van der Waals surface area contributed by atoms with E-state index < -0.39 is 10.8 Å². The van der Waals surface area contributed by atoms with Crippen LogP contribution in [0.1, 0.15) is 42.2 Å². The van der Waals surface area contributed by atoms with Gasteiger partial charge in [-0.15, -0.1) is 11.8 Å². The van der Waals surface area contributed by atoms with Gasteiger partial charge in [-0.3, -0.25) is 29.3 Å². The maximum absolute atomic E-state index is 13.1. The molecule has 0 spiro atoms. The van der Waals surface area contributed by atoms with Crippen LogP contribution >= 0.6 is 11.8 Å². The van der Waals surface area contributed by atoms with Crippen molar-refractivity contribution in [1.82, 2.24) is 0 Å². The minimum Gasteiger partial charge on any atom is -0.325 e. The fourth-order valence-corrected chi connectivity index (χ4v) is 4.86. The lowest BCUT2D eigenvalue weighted by molar-refractivity contribution is -0.384. The molecular weight excluding hydrogens is 518 g/mol. The molecule has 1 aliphatic rings. The molecule has 4 aromatic carbocycles. The smallest absolute Gasteiger partial charge is 0.269 e. The van der Waals surface area contributed by atoms with Crippen molar-refractivity contribution in [3.05, 3.63) is 129 Å². The molecule has 0 aliphatic heterocycles. The Balaban J connectivity index is 1.20. The number of amides is 2. The van der Waals surface area contributed by atoms with Crippen LogP contribution in [0.25, 0.3) is 0 Å². The Hall–Kier alpha value is -5.09. The largest absolute Gasteiger partial charge is 0.325 e. The summed E-state index contributed by atoms with van der Waals surface area (Å²) in [7, 11) is 0. The zero-order valence-corrected chi connectivity index (χ0v) is 21.0. The normalized spacial score (nSPS) is 11.8. The molecule has 0 fully saturated rings. The third-order valence-corrected chi connectivity index (χ3v) is 7.06. The lowest BCUT2D eigenvalue weighted by atomic mass is 9.83. The van der Waals surface area contributed by atoms with E-state index in [0.29, 0.717) is 16.8 Å². The van der Waals surface area contributed by atoms with Crippen LogP contribution in [-0.4, -0.2) is 34.1 Å². The number of carbonyl (C=O) groups excluding carboxylic acids is 4. The number of nitrogens with zero attached hydrogens (tertiary/aromatic N) is 1. The van der Waals surface area contributed by atoms with Gasteiger partial charge >= 0.3 is 0 Å². The monoisotopic (exact) mass is 537 g/mol. The second-order valence-electron chi connectivity index (χ2n) is 8.55. The number of anilines is 2. The second kappa shape index (κ2) is 10.7. The summed E-state index contributed by atoms with van der Waals surface area (Å²) in [6.07, 6.45) is 0. The van der Waals surface area contributed by atoms with Gasteiger partial charge in [0.2, 0.25) is 5.91 Å². The van der Waals surface area contributed by atoms with E-state index in [1.807, 2.05) is 0 Å². The Kier molecular flexibility index (Phi) is 7.02. The van der Waals surface area contributed by atoms with Crippen LogP contribution in [0.5, 0.6) is 0 Å². The maximum atomic E-state index is 13.1. The summed E-state index contributed by atoms with van der Waals surface area (Å²) in [5.74, 6) is -1.27. The molecule has 0 unspecified atom stereocenters. The van der Waals surface area contributed by atoms with Gasteiger partial charge in [0.05, 0.1) is 21.9 Å². The summed E-state index contributed by atoms with van der Waals surface area (Å²) in [4.78, 5) is 62.1. The average Bonchev–Trinajstić information content (AvgIpc) is 2.95. The summed E-state index contributed by atoms with van der Waals surface area (Å²) in [6, 6.07) is 23.6. The summed E-state index contributed by atoms with van der Waals surface area (Å²) >= 11 is 1.26. The van der Waals surface area contributed by atoms with Crippen LogP contribution in [0.2, 0.25) is 0 Å². The molecule has 0 radical (unpaired) electrons. The van der Waals surface area contributed by atoms with Crippen LogP contribution in [0.4, 0.5) is 17.1 Å². The first-order valence-corrected chi connectivity index (χ1v) is 12.7. The second-order valence-corrected chi connectivity index (χ2v) is 9.60. The third-order valence-electron chi connectivity index (χ3n) is 6.05. The topological polar surface area (TPSA) is 135 Å². The molecule has 0 saturated heterocycles. The Morgan fingerprint density at radius 2 is 1.38 bits per heavy atom. The predicted octanol–water partition coefficient (Wildman–Crippen LogP) is 5.35. The van der Waals surface area contributed by atoms with Crippen molar-refractivity contribution in [3.8, 4) is 0 Å². The quantitative estimate of drug-likeness (QED) is 0.162. The van der Waals surface area contributed by atoms with E-state index in [1.54, 1.807) is 66.7 Å². The molecule has 0 atom stereocenters. The number of carbonyl (C=O) groups is 4. The highest BCUT2D eigenvalue weighted by Crippen LogP contribution is 2.32. The van der Waals surface area contributed by atoms with Crippen LogP contribution < -0.4 is 10.6 Å². The molecule has 10 heteroatoms. The number of thioether (sulfide) groups is 1. The summed E-state index contributed by atoms with van der Waals surface area (Å²) in [5, 5.41) is 16.2. The van der Waals surface area contributed by atoms with Gasteiger partial charge in [-0.25, -0.2) is 0 Å². The number of fused-ring (bicyclic) bond motifs is 2. The molecule has 1 aliphatic carbocycles. The van der Waals surface area contributed by atoms with Gasteiger partial charge in [-0.1, -0.05) is 36.4 Å². The minimum atomic E-state index is -0.536. The van der Waals surface area contributed by atoms with Crippen LogP contribution in [0, 0.1) is 10.1 Å². The average molecular weight is 538 g/mol. The zero-order chi connectivity index (χ0) is 27.5. The number of hydrogen-bond donors (Lipinski definition) is 2. The molecule has 0 heterocycles. The summed E-state index contributed by atoms with van der Waals surface area (Å²) < 4.78 is 0. The summed E-state index contributed by atoms with van der Waals surface area (Å²) in [5.41, 5.74) is 2.09. The van der Waals surface area contributed by atoms with E-state index in [2.05, 4.69) is 10.6 Å². The molecule has 2 amide bonds. The van der Waals surface area contributed by atoms with Gasteiger partial charge in [-0.2, -0.15) is 0 Å². The van der Waals surface area contributed by atoms with E-state index in [1.165, 1.54) is 36.0 Å². The first-order valence-electron chi connectivity index (χ1n) is 11.7. The lowest BCUT2D eigenvalue weighted by Gasteiger charge is -2.20. The SMILES string of the molecule is O=C(CSc1ccc(NC(=O)c2ccc([N+](=O)[O-])cc2)cc1)Nc1cccc2c1C(=O)c1ccccc1C2=O. The van der Waals surface area contributed by atoms with Crippen LogP contribution in [0.15, 0.2) is 95.9 Å². The van der Waals surface area contributed by atoms with Crippen LogP contribution in [-0.2, 0) is 4.79 Å². The molecule has 39 heavy (non-hydrogen) atoms. The molecule has 2 N–H and O–H groups in total. The van der Waals surface area contributed by atoms with E-state index >= 15 is 0 Å². The Morgan fingerprint density at radius 3 is 2.05 bits per heavy atom. The predicted molar refractivity (Wildman–Crippen MR) is 147 cm³/mol. The fourth-order valence-electron chi connectivity index (χ4n) is 4.16. The van der Waals surface area contributed by atoms with Crippen molar-refractivity contribution >= 4 is 52.2 Å². The van der Waals surface area contributed by atoms with Crippen molar-refractivity contribution in [3.63, 3.8) is 0 Å². The molecule has 4 aromatic rings. The van der Waals surface area contributed by atoms with Crippen molar-refractivity contribution in [2.45, 2.75) is 4.90 Å². The number of nitrogens with one attached hydrogen (secondary N) is 2. The third kappa shape index (κ3) is 5.32. The van der Waals surface area contributed by atoms with Gasteiger partial charge in [0, 0.05) is 45.0 Å². The highest BCUT2D eigenvalue weighted by Gasteiger charge is 2.31. The zero-order valence-electron chi connectivity index (χ0n) is 20.2. The molecule has 9 nitrogen and oxygen atoms in total. The van der Waals surface area contributed by atoms with E-state index in [0.717, 1.165) is 4.90 Å². The number of nitro groups is 1. The number of hydrogen-bond acceptors (Lipinski definition) is 7. The maximum Gasteiger partial charge on any atom is 0.269 e. The molecular formula is C29H19N3O6S. The van der Waals surface area contributed by atoms with Crippen molar-refractivity contribution in [1.29, 1.82) is 0 Å². The van der Waals surface area contributed by atoms with Crippen molar-refractivity contribution in [2.75, 3.05) is 16.4 Å². The highest BCUT2D eigenvalue weighted by molar-refractivity contribution is 8.00. The van der Waals surface area contributed by atoms with Gasteiger partial charge in [0.15, 0.2) is 11.6 Å². The minimum absolute atomic E-state index is 0.0525. The number of non-ortho nitro benzene ring substituents is 1. The first-order chi connectivity index (χ1) is 18.8. The first kappa shape index (κ1) is 25.6. The summed E-state index contributed by atoms with van der Waals surface area (Å²) in [6.45, 7) is 0. The Bertz CT molecular complexity index is 1650. The Morgan fingerprint density at radius 1 is 0.744 bits per heavy atom. The Labute approximate surface area is 226 Å². The number of rotatable bonds is 7.